The van der Waals surface area contributed by atoms with Crippen LogP contribution >= 0.6 is 13.5 Å². The van der Waals surface area contributed by atoms with Crippen molar-refractivity contribution in [2.24, 2.45) is 0 Å². The van der Waals surface area contributed by atoms with Gasteiger partial charge in [-0.25, -0.2) is 4.79 Å². The third-order valence-corrected chi connectivity index (χ3v) is 2.31. The van der Waals surface area contributed by atoms with Gasteiger partial charge in [-0.15, -0.1) is 0 Å². The molecular formula is C9H17NO4S. The van der Waals surface area contributed by atoms with E-state index in [1.165, 1.54) is 19.1 Å². The van der Waals surface area contributed by atoms with E-state index in [1.54, 1.807) is 0 Å². The molecule has 1 amide bonds. The maximum absolute atomic E-state index is 11.5. The number of likely N-dealkylation sites (tertiary alicyclic amines) is 1. The predicted molar refractivity (Wildman–Crippen MR) is 59.0 cm³/mol. The Balaban J connectivity index is 0.00000196. The molecule has 0 bridgehead atoms. The zero-order valence-electron chi connectivity index (χ0n) is 8.99. The van der Waals surface area contributed by atoms with Crippen molar-refractivity contribution in [2.45, 2.75) is 18.9 Å². The molecule has 0 aromatic carbocycles. The highest BCUT2D eigenvalue weighted by Gasteiger charge is 2.34. The van der Waals surface area contributed by atoms with Crippen LogP contribution in [0.15, 0.2) is 0 Å². The summed E-state index contributed by atoms with van der Waals surface area (Å²) in [6.07, 6.45) is 1.53. The Kier molecular flexibility index (Phi) is 6.35. The number of carbonyl (C=O) groups is 2. The van der Waals surface area contributed by atoms with Crippen LogP contribution in [0.5, 0.6) is 0 Å². The molecule has 0 aromatic heterocycles. The fourth-order valence-corrected chi connectivity index (χ4v) is 1.65. The number of hydrogen-bond acceptors (Lipinski definition) is 4. The van der Waals surface area contributed by atoms with E-state index in [0.29, 0.717) is 13.0 Å². The van der Waals surface area contributed by atoms with Gasteiger partial charge < -0.3 is 14.4 Å². The Bertz CT molecular complexity index is 234. The summed E-state index contributed by atoms with van der Waals surface area (Å²) >= 11 is 0. The number of amides is 1. The van der Waals surface area contributed by atoms with Crippen molar-refractivity contribution >= 4 is 25.4 Å². The van der Waals surface area contributed by atoms with Crippen LogP contribution in [-0.4, -0.2) is 50.2 Å². The van der Waals surface area contributed by atoms with Crippen molar-refractivity contribution in [3.63, 3.8) is 0 Å². The summed E-state index contributed by atoms with van der Waals surface area (Å²) in [7, 11) is 2.79. The third kappa shape index (κ3) is 3.39. The zero-order chi connectivity index (χ0) is 10.6. The molecule has 6 heteroatoms. The van der Waals surface area contributed by atoms with Crippen LogP contribution < -0.4 is 0 Å². The van der Waals surface area contributed by atoms with Crippen molar-refractivity contribution in [3.8, 4) is 0 Å². The number of nitrogens with zero attached hydrogens (tertiary/aromatic N) is 1. The summed E-state index contributed by atoms with van der Waals surface area (Å²) in [4.78, 5) is 24.3. The lowest BCUT2D eigenvalue weighted by molar-refractivity contribution is -0.152. The third-order valence-electron chi connectivity index (χ3n) is 2.31. The highest BCUT2D eigenvalue weighted by atomic mass is 32.1. The molecule has 88 valence electrons. The molecule has 15 heavy (non-hydrogen) atoms. The molecule has 0 N–H and O–H groups in total. The number of hydrogen-bond donors (Lipinski definition) is 0. The number of esters is 1. The van der Waals surface area contributed by atoms with E-state index in [2.05, 4.69) is 4.74 Å². The van der Waals surface area contributed by atoms with Crippen molar-refractivity contribution in [1.82, 2.24) is 4.90 Å². The summed E-state index contributed by atoms with van der Waals surface area (Å²) in [6.45, 7) is 0.634. The molecule has 5 nitrogen and oxygen atoms in total. The molecule has 1 aliphatic heterocycles. The van der Waals surface area contributed by atoms with E-state index in [9.17, 15) is 9.59 Å². The first kappa shape index (κ1) is 14.2. The second kappa shape index (κ2) is 6.68. The highest BCUT2D eigenvalue weighted by Crippen LogP contribution is 2.18. The van der Waals surface area contributed by atoms with E-state index >= 15 is 0 Å². The zero-order valence-corrected chi connectivity index (χ0v) is 9.99. The van der Waals surface area contributed by atoms with Gasteiger partial charge in [-0.05, 0) is 12.8 Å². The molecule has 1 saturated heterocycles. The van der Waals surface area contributed by atoms with Gasteiger partial charge in [-0.1, -0.05) is 0 Å². The first-order valence-electron chi connectivity index (χ1n) is 4.57. The fraction of sp³-hybridized carbons (Fsp3) is 0.778. The molecular weight excluding hydrogens is 218 g/mol. The first-order chi connectivity index (χ1) is 6.70. The van der Waals surface area contributed by atoms with Gasteiger partial charge in [0.15, 0.2) is 0 Å². The monoisotopic (exact) mass is 235 g/mol. The second-order valence-corrected chi connectivity index (χ2v) is 3.20. The standard InChI is InChI=1S/C9H15NO4.H2S/c1-13-6-8(11)10-5-3-4-7(10)9(12)14-2;/h7H,3-6H2,1-2H3;1H2/t7-;/m0./s1. The molecule has 0 unspecified atom stereocenters. The number of ether oxygens (including phenoxy) is 2. The molecule has 1 aliphatic rings. The largest absolute Gasteiger partial charge is 0.467 e. The Morgan fingerprint density at radius 2 is 2.07 bits per heavy atom. The number of carbonyl (C=O) groups excluding carboxylic acids is 2. The maximum atomic E-state index is 11.5. The lowest BCUT2D eigenvalue weighted by atomic mass is 10.2. The van der Waals surface area contributed by atoms with E-state index in [-0.39, 0.29) is 32.0 Å². The molecule has 0 aromatic rings. The van der Waals surface area contributed by atoms with Crippen molar-refractivity contribution in [1.29, 1.82) is 0 Å². The molecule has 0 aliphatic carbocycles. The normalized spacial score (nSPS) is 19.6. The topological polar surface area (TPSA) is 55.8 Å². The van der Waals surface area contributed by atoms with Crippen molar-refractivity contribution < 1.29 is 19.1 Å². The van der Waals surface area contributed by atoms with Gasteiger partial charge in [0.1, 0.15) is 12.6 Å². The summed E-state index contributed by atoms with van der Waals surface area (Å²) in [5.74, 6) is -0.493. The minimum Gasteiger partial charge on any atom is -0.467 e. The average Bonchev–Trinajstić information content (AvgIpc) is 2.65. The molecule has 1 atom stereocenters. The van der Waals surface area contributed by atoms with Crippen LogP contribution in [0.3, 0.4) is 0 Å². The van der Waals surface area contributed by atoms with E-state index in [1.807, 2.05) is 0 Å². The first-order valence-corrected chi connectivity index (χ1v) is 4.57. The van der Waals surface area contributed by atoms with Gasteiger partial charge in [-0.3, -0.25) is 4.79 Å². The van der Waals surface area contributed by atoms with Gasteiger partial charge in [0.05, 0.1) is 7.11 Å². The Labute approximate surface area is 96.2 Å². The molecule has 1 fully saturated rings. The van der Waals surface area contributed by atoms with Crippen LogP contribution in [0.25, 0.3) is 0 Å². The van der Waals surface area contributed by atoms with Crippen LogP contribution in [-0.2, 0) is 19.1 Å². The van der Waals surface area contributed by atoms with Gasteiger partial charge in [-0.2, -0.15) is 13.5 Å². The van der Waals surface area contributed by atoms with Crippen molar-refractivity contribution in [3.05, 3.63) is 0 Å². The van der Waals surface area contributed by atoms with Crippen LogP contribution in [0.1, 0.15) is 12.8 Å². The van der Waals surface area contributed by atoms with E-state index in [4.69, 9.17) is 4.74 Å². The van der Waals surface area contributed by atoms with E-state index in [0.717, 1.165) is 6.42 Å². The van der Waals surface area contributed by atoms with Gasteiger partial charge in [0.2, 0.25) is 5.91 Å². The lowest BCUT2D eigenvalue weighted by Crippen LogP contribution is -2.42. The van der Waals surface area contributed by atoms with Gasteiger partial charge in [0, 0.05) is 13.7 Å². The molecule has 0 radical (unpaired) electrons. The number of rotatable bonds is 3. The highest BCUT2D eigenvalue weighted by molar-refractivity contribution is 7.59. The second-order valence-electron chi connectivity index (χ2n) is 3.20. The Morgan fingerprint density at radius 3 is 2.60 bits per heavy atom. The van der Waals surface area contributed by atoms with Crippen LogP contribution in [0.2, 0.25) is 0 Å². The van der Waals surface area contributed by atoms with Gasteiger partial charge >= 0.3 is 5.97 Å². The predicted octanol–water partition coefficient (Wildman–Crippen LogP) is -0.0904. The molecule has 1 heterocycles. The minimum absolute atomic E-state index is 0. The minimum atomic E-state index is -0.414. The Morgan fingerprint density at radius 1 is 1.40 bits per heavy atom. The quantitative estimate of drug-likeness (QED) is 0.642. The summed E-state index contributed by atoms with van der Waals surface area (Å²) in [6, 6.07) is -0.414. The molecule has 0 saturated carbocycles. The van der Waals surface area contributed by atoms with E-state index < -0.39 is 6.04 Å². The maximum Gasteiger partial charge on any atom is 0.328 e. The summed E-state index contributed by atoms with van der Waals surface area (Å²) in [5.41, 5.74) is 0. The smallest absolute Gasteiger partial charge is 0.328 e. The van der Waals surface area contributed by atoms with Gasteiger partial charge in [0.25, 0.3) is 0 Å². The SMILES string of the molecule is COCC(=O)N1CCC[C@H]1C(=O)OC.S. The average molecular weight is 235 g/mol. The summed E-state index contributed by atoms with van der Waals surface area (Å²) < 4.78 is 9.35. The molecule has 0 spiro atoms. The van der Waals surface area contributed by atoms with Crippen LogP contribution in [0, 0.1) is 0 Å². The number of methoxy groups -OCH3 is 2. The molecule has 1 rings (SSSR count). The Hall–Kier alpha value is -0.750. The van der Waals surface area contributed by atoms with Crippen molar-refractivity contribution in [2.75, 3.05) is 27.4 Å². The fourth-order valence-electron chi connectivity index (χ4n) is 1.65. The van der Waals surface area contributed by atoms with Crippen LogP contribution in [0.4, 0.5) is 0 Å². The lowest BCUT2D eigenvalue weighted by Gasteiger charge is -2.21. The summed E-state index contributed by atoms with van der Waals surface area (Å²) in [5, 5.41) is 0.